The van der Waals surface area contributed by atoms with E-state index in [1.807, 2.05) is 12.1 Å². The van der Waals surface area contributed by atoms with E-state index in [9.17, 15) is 4.79 Å². The van der Waals surface area contributed by atoms with Crippen LogP contribution in [0.2, 0.25) is 5.02 Å². The van der Waals surface area contributed by atoms with Crippen molar-refractivity contribution in [2.75, 3.05) is 0 Å². The first kappa shape index (κ1) is 13.1. The number of nitriles is 1. The van der Waals surface area contributed by atoms with Crippen LogP contribution in [-0.4, -0.2) is 5.78 Å². The SMILES string of the molecule is N#C/C(=C/C(=O)c1ccccc1)c1ccc(Cl)cc1. The molecule has 0 saturated carbocycles. The molecule has 0 atom stereocenters. The minimum atomic E-state index is -0.188. The maximum atomic E-state index is 12.0. The largest absolute Gasteiger partial charge is 0.289 e. The molecule has 0 saturated heterocycles. The lowest BCUT2D eigenvalue weighted by molar-refractivity contribution is 0.104. The lowest BCUT2D eigenvalue weighted by Gasteiger charge is -2.00. The van der Waals surface area contributed by atoms with Gasteiger partial charge in [0, 0.05) is 16.7 Å². The van der Waals surface area contributed by atoms with Crippen molar-refractivity contribution in [1.82, 2.24) is 0 Å². The molecule has 0 aliphatic heterocycles. The molecule has 0 bridgehead atoms. The van der Waals surface area contributed by atoms with Crippen LogP contribution >= 0.6 is 11.6 Å². The molecule has 0 amide bonds. The van der Waals surface area contributed by atoms with E-state index in [2.05, 4.69) is 0 Å². The van der Waals surface area contributed by atoms with Gasteiger partial charge in [0.05, 0.1) is 11.6 Å². The van der Waals surface area contributed by atoms with Crippen LogP contribution in [0.5, 0.6) is 0 Å². The number of benzene rings is 2. The Bertz CT molecular complexity index is 651. The van der Waals surface area contributed by atoms with Crippen LogP contribution in [0, 0.1) is 11.3 Å². The molecular formula is C16H10ClNO. The third-order valence-corrected chi connectivity index (χ3v) is 2.86. The van der Waals surface area contributed by atoms with Crippen molar-refractivity contribution < 1.29 is 4.79 Å². The van der Waals surface area contributed by atoms with E-state index in [1.165, 1.54) is 6.08 Å². The zero-order chi connectivity index (χ0) is 13.7. The highest BCUT2D eigenvalue weighted by atomic mass is 35.5. The summed E-state index contributed by atoms with van der Waals surface area (Å²) in [6, 6.07) is 17.7. The van der Waals surface area contributed by atoms with Crippen LogP contribution in [0.3, 0.4) is 0 Å². The first-order valence-corrected chi connectivity index (χ1v) is 6.05. The number of carbonyl (C=O) groups excluding carboxylic acids is 1. The molecule has 0 aliphatic carbocycles. The molecule has 0 aliphatic rings. The topological polar surface area (TPSA) is 40.9 Å². The molecule has 0 unspecified atom stereocenters. The van der Waals surface area contributed by atoms with Gasteiger partial charge in [0.2, 0.25) is 0 Å². The molecule has 2 rings (SSSR count). The number of carbonyl (C=O) groups is 1. The second-order valence-corrected chi connectivity index (χ2v) is 4.34. The first-order chi connectivity index (χ1) is 9.20. The monoisotopic (exact) mass is 267 g/mol. The van der Waals surface area contributed by atoms with E-state index in [-0.39, 0.29) is 5.78 Å². The van der Waals surface area contributed by atoms with Gasteiger partial charge in [-0.1, -0.05) is 54.1 Å². The number of hydrogen-bond donors (Lipinski definition) is 0. The second-order valence-electron chi connectivity index (χ2n) is 3.91. The average Bonchev–Trinajstić information content (AvgIpc) is 2.46. The number of rotatable bonds is 3. The fourth-order valence-corrected chi connectivity index (χ4v) is 1.75. The standard InChI is InChI=1S/C16H10ClNO/c17-15-8-6-12(7-9-15)14(11-18)10-16(19)13-4-2-1-3-5-13/h1-10H/b14-10-. The first-order valence-electron chi connectivity index (χ1n) is 5.68. The summed E-state index contributed by atoms with van der Waals surface area (Å²) in [4.78, 5) is 12.0. The highest BCUT2D eigenvalue weighted by molar-refractivity contribution is 6.30. The van der Waals surface area contributed by atoms with Gasteiger partial charge in [-0.15, -0.1) is 0 Å². The van der Waals surface area contributed by atoms with Gasteiger partial charge in [0.15, 0.2) is 5.78 Å². The molecule has 0 aromatic heterocycles. The Balaban J connectivity index is 2.33. The van der Waals surface area contributed by atoms with E-state index in [1.54, 1.807) is 48.5 Å². The van der Waals surface area contributed by atoms with E-state index < -0.39 is 0 Å². The minimum Gasteiger partial charge on any atom is -0.289 e. The molecule has 0 fully saturated rings. The highest BCUT2D eigenvalue weighted by Crippen LogP contribution is 2.18. The van der Waals surface area contributed by atoms with Gasteiger partial charge in [-0.05, 0) is 17.7 Å². The van der Waals surface area contributed by atoms with E-state index in [0.717, 1.165) is 0 Å². The Hall–Kier alpha value is -2.37. The van der Waals surface area contributed by atoms with Gasteiger partial charge in [-0.2, -0.15) is 5.26 Å². The predicted octanol–water partition coefficient (Wildman–Crippen LogP) is 4.13. The van der Waals surface area contributed by atoms with Crippen molar-refractivity contribution in [2.24, 2.45) is 0 Å². The molecule has 2 aromatic carbocycles. The van der Waals surface area contributed by atoms with Gasteiger partial charge in [0.1, 0.15) is 0 Å². The fourth-order valence-electron chi connectivity index (χ4n) is 1.63. The van der Waals surface area contributed by atoms with Crippen molar-refractivity contribution >= 4 is 23.0 Å². The Labute approximate surface area is 116 Å². The molecule has 2 nitrogen and oxygen atoms in total. The Morgan fingerprint density at radius 3 is 2.21 bits per heavy atom. The number of halogens is 1. The Morgan fingerprint density at radius 1 is 1.00 bits per heavy atom. The van der Waals surface area contributed by atoms with Gasteiger partial charge >= 0.3 is 0 Å². The highest BCUT2D eigenvalue weighted by Gasteiger charge is 2.06. The van der Waals surface area contributed by atoms with Crippen molar-refractivity contribution in [3.8, 4) is 6.07 Å². The van der Waals surface area contributed by atoms with Gasteiger partial charge < -0.3 is 0 Å². The molecule has 2 aromatic rings. The summed E-state index contributed by atoms with van der Waals surface area (Å²) in [6.07, 6.45) is 1.35. The van der Waals surface area contributed by atoms with Crippen molar-refractivity contribution in [3.05, 3.63) is 76.8 Å². The second kappa shape index (κ2) is 5.99. The molecular weight excluding hydrogens is 258 g/mol. The van der Waals surface area contributed by atoms with Crippen LogP contribution in [-0.2, 0) is 0 Å². The molecule has 3 heteroatoms. The summed E-state index contributed by atoms with van der Waals surface area (Å²) in [5.74, 6) is -0.188. The molecule has 0 heterocycles. The third kappa shape index (κ3) is 3.31. The Morgan fingerprint density at radius 2 is 1.63 bits per heavy atom. The average molecular weight is 268 g/mol. The summed E-state index contributed by atoms with van der Waals surface area (Å²) in [6.45, 7) is 0. The molecule has 0 spiro atoms. The van der Waals surface area contributed by atoms with Gasteiger partial charge in [-0.3, -0.25) is 4.79 Å². The van der Waals surface area contributed by atoms with E-state index in [0.29, 0.717) is 21.7 Å². The minimum absolute atomic E-state index is 0.188. The zero-order valence-corrected chi connectivity index (χ0v) is 10.8. The quantitative estimate of drug-likeness (QED) is 0.477. The molecule has 19 heavy (non-hydrogen) atoms. The van der Waals surface area contributed by atoms with Crippen LogP contribution in [0.1, 0.15) is 15.9 Å². The normalized spacial score (nSPS) is 10.8. The van der Waals surface area contributed by atoms with Gasteiger partial charge in [-0.25, -0.2) is 0 Å². The Kier molecular flexibility index (Phi) is 4.12. The fraction of sp³-hybridized carbons (Fsp3) is 0. The maximum absolute atomic E-state index is 12.0. The third-order valence-electron chi connectivity index (χ3n) is 2.61. The van der Waals surface area contributed by atoms with E-state index in [4.69, 9.17) is 16.9 Å². The molecule has 0 radical (unpaired) electrons. The van der Waals surface area contributed by atoms with Crippen molar-refractivity contribution in [2.45, 2.75) is 0 Å². The summed E-state index contributed by atoms with van der Waals surface area (Å²) in [5.41, 5.74) is 1.56. The van der Waals surface area contributed by atoms with Crippen LogP contribution in [0.4, 0.5) is 0 Å². The van der Waals surface area contributed by atoms with Crippen LogP contribution in [0.15, 0.2) is 60.7 Å². The van der Waals surface area contributed by atoms with Crippen LogP contribution < -0.4 is 0 Å². The van der Waals surface area contributed by atoms with Crippen molar-refractivity contribution in [3.63, 3.8) is 0 Å². The number of allylic oxidation sites excluding steroid dienone is 2. The number of nitrogens with zero attached hydrogens (tertiary/aromatic N) is 1. The van der Waals surface area contributed by atoms with E-state index >= 15 is 0 Å². The smallest absolute Gasteiger partial charge is 0.187 e. The summed E-state index contributed by atoms with van der Waals surface area (Å²) in [5, 5.41) is 9.73. The lowest BCUT2D eigenvalue weighted by Crippen LogP contribution is -1.95. The molecule has 0 N–H and O–H groups in total. The lowest BCUT2D eigenvalue weighted by atomic mass is 10.0. The summed E-state index contributed by atoms with van der Waals surface area (Å²) in [7, 11) is 0. The number of ketones is 1. The molecule has 92 valence electrons. The summed E-state index contributed by atoms with van der Waals surface area (Å²) < 4.78 is 0. The van der Waals surface area contributed by atoms with Gasteiger partial charge in [0.25, 0.3) is 0 Å². The zero-order valence-electron chi connectivity index (χ0n) is 10.0. The predicted molar refractivity (Wildman–Crippen MR) is 75.8 cm³/mol. The van der Waals surface area contributed by atoms with Crippen LogP contribution in [0.25, 0.3) is 5.57 Å². The number of hydrogen-bond acceptors (Lipinski definition) is 2. The van der Waals surface area contributed by atoms with Crippen molar-refractivity contribution in [1.29, 1.82) is 5.26 Å². The maximum Gasteiger partial charge on any atom is 0.187 e. The summed E-state index contributed by atoms with van der Waals surface area (Å²) >= 11 is 5.79.